The summed E-state index contributed by atoms with van der Waals surface area (Å²) < 4.78 is 0. The number of hydrogen-bond donors (Lipinski definition) is 1. The summed E-state index contributed by atoms with van der Waals surface area (Å²) >= 11 is 0. The molecule has 2 aromatic heterocycles. The predicted molar refractivity (Wildman–Crippen MR) is 99.9 cm³/mol. The standard InChI is InChI=1S/C21H21N3O2/c25-20(12-16-13-23-18-8-2-1-7-17(16)18)24-11-5-6-15(14-24)21(26)19-9-3-4-10-22-19/h1-4,7-10,13,15,23H,5-6,11-12,14H2/t15-/m1/s1. The number of aromatic amines is 1. The number of H-pyrrole nitrogens is 1. The topological polar surface area (TPSA) is 66.1 Å². The van der Waals surface area contributed by atoms with Crippen LogP contribution in [0.3, 0.4) is 0 Å². The van der Waals surface area contributed by atoms with Crippen LogP contribution >= 0.6 is 0 Å². The van der Waals surface area contributed by atoms with Crippen molar-refractivity contribution in [2.24, 2.45) is 5.92 Å². The van der Waals surface area contributed by atoms with E-state index in [1.54, 1.807) is 18.3 Å². The fourth-order valence-electron chi connectivity index (χ4n) is 3.69. The van der Waals surface area contributed by atoms with Crippen LogP contribution in [0, 0.1) is 5.92 Å². The smallest absolute Gasteiger partial charge is 0.227 e. The maximum absolute atomic E-state index is 12.8. The SMILES string of the molecule is O=C(c1ccccn1)[C@@H]1CCCN(C(=O)Cc2c[nH]c3ccccc23)C1. The fourth-order valence-corrected chi connectivity index (χ4v) is 3.69. The minimum atomic E-state index is -0.162. The Kier molecular flexibility index (Phi) is 4.52. The van der Waals surface area contributed by atoms with Gasteiger partial charge in [-0.2, -0.15) is 0 Å². The van der Waals surface area contributed by atoms with Gasteiger partial charge < -0.3 is 9.88 Å². The zero-order valence-electron chi connectivity index (χ0n) is 14.5. The van der Waals surface area contributed by atoms with Gasteiger partial charge in [0.1, 0.15) is 5.69 Å². The predicted octanol–water partition coefficient (Wildman–Crippen LogP) is 3.23. The van der Waals surface area contributed by atoms with E-state index in [1.165, 1.54) is 0 Å². The third kappa shape index (κ3) is 3.25. The molecule has 0 saturated carbocycles. The van der Waals surface area contributed by atoms with E-state index >= 15 is 0 Å². The van der Waals surface area contributed by atoms with E-state index in [2.05, 4.69) is 9.97 Å². The quantitative estimate of drug-likeness (QED) is 0.737. The molecule has 1 atom stereocenters. The van der Waals surface area contributed by atoms with Crippen LogP contribution in [0.1, 0.15) is 28.9 Å². The molecule has 0 bridgehead atoms. The Morgan fingerprint density at radius 1 is 1.15 bits per heavy atom. The number of ketones is 1. The van der Waals surface area contributed by atoms with Gasteiger partial charge in [0.25, 0.3) is 0 Å². The summed E-state index contributed by atoms with van der Waals surface area (Å²) in [5.41, 5.74) is 2.53. The molecule has 4 rings (SSSR count). The number of carbonyl (C=O) groups is 2. The number of piperidine rings is 1. The van der Waals surface area contributed by atoms with Gasteiger partial charge in [0.15, 0.2) is 5.78 Å². The number of likely N-dealkylation sites (tertiary alicyclic amines) is 1. The fraction of sp³-hybridized carbons (Fsp3) is 0.286. The van der Waals surface area contributed by atoms with Gasteiger partial charge in [-0.1, -0.05) is 24.3 Å². The largest absolute Gasteiger partial charge is 0.361 e. The molecular formula is C21H21N3O2. The highest BCUT2D eigenvalue weighted by molar-refractivity contribution is 5.96. The first-order chi connectivity index (χ1) is 12.7. The van der Waals surface area contributed by atoms with E-state index in [0.29, 0.717) is 25.2 Å². The molecular weight excluding hydrogens is 326 g/mol. The van der Waals surface area contributed by atoms with Gasteiger partial charge in [0, 0.05) is 42.3 Å². The highest BCUT2D eigenvalue weighted by Gasteiger charge is 2.29. The molecule has 5 heteroatoms. The second kappa shape index (κ2) is 7.12. The molecule has 1 aliphatic rings. The number of fused-ring (bicyclic) bond motifs is 1. The number of aromatic nitrogens is 2. The summed E-state index contributed by atoms with van der Waals surface area (Å²) in [6.45, 7) is 1.20. The molecule has 26 heavy (non-hydrogen) atoms. The molecule has 1 N–H and O–H groups in total. The molecule has 0 spiro atoms. The Morgan fingerprint density at radius 2 is 2.00 bits per heavy atom. The molecule has 0 aliphatic carbocycles. The molecule has 0 radical (unpaired) electrons. The maximum atomic E-state index is 12.8. The summed E-state index contributed by atoms with van der Waals surface area (Å²) in [7, 11) is 0. The molecule has 132 valence electrons. The number of nitrogens with one attached hydrogen (secondary N) is 1. The van der Waals surface area contributed by atoms with E-state index in [-0.39, 0.29) is 17.6 Å². The van der Waals surface area contributed by atoms with Gasteiger partial charge >= 0.3 is 0 Å². The van der Waals surface area contributed by atoms with Crippen LogP contribution in [0.4, 0.5) is 0 Å². The molecule has 1 amide bonds. The second-order valence-electron chi connectivity index (χ2n) is 6.79. The van der Waals surface area contributed by atoms with Crippen LogP contribution in [-0.4, -0.2) is 39.6 Å². The average molecular weight is 347 g/mol. The molecule has 0 unspecified atom stereocenters. The lowest BCUT2D eigenvalue weighted by Gasteiger charge is -2.32. The number of amides is 1. The molecule has 3 heterocycles. The van der Waals surface area contributed by atoms with Gasteiger partial charge in [-0.05, 0) is 36.6 Å². The summed E-state index contributed by atoms with van der Waals surface area (Å²) in [5.74, 6) is -0.0472. The first kappa shape index (κ1) is 16.5. The van der Waals surface area contributed by atoms with Gasteiger partial charge in [-0.3, -0.25) is 14.6 Å². The Balaban J connectivity index is 1.46. The lowest BCUT2D eigenvalue weighted by atomic mass is 9.91. The Hall–Kier alpha value is -2.95. The van der Waals surface area contributed by atoms with E-state index in [9.17, 15) is 9.59 Å². The number of carbonyl (C=O) groups excluding carboxylic acids is 2. The van der Waals surface area contributed by atoms with Gasteiger partial charge in [-0.15, -0.1) is 0 Å². The van der Waals surface area contributed by atoms with Crippen LogP contribution in [0.5, 0.6) is 0 Å². The van der Waals surface area contributed by atoms with E-state index in [4.69, 9.17) is 0 Å². The van der Waals surface area contributed by atoms with Crippen molar-refractivity contribution < 1.29 is 9.59 Å². The number of para-hydroxylation sites is 1. The summed E-state index contributed by atoms with van der Waals surface area (Å²) in [4.78, 5) is 34.7. The summed E-state index contributed by atoms with van der Waals surface area (Å²) in [6.07, 6.45) is 5.56. The molecule has 3 aromatic rings. The van der Waals surface area contributed by atoms with Crippen LogP contribution in [-0.2, 0) is 11.2 Å². The first-order valence-corrected chi connectivity index (χ1v) is 9.00. The molecule has 1 aliphatic heterocycles. The molecule has 1 aromatic carbocycles. The van der Waals surface area contributed by atoms with Crippen LogP contribution in [0.25, 0.3) is 10.9 Å². The third-order valence-corrected chi connectivity index (χ3v) is 5.08. The highest BCUT2D eigenvalue weighted by atomic mass is 16.2. The van der Waals surface area contributed by atoms with Crippen molar-refractivity contribution in [3.8, 4) is 0 Å². The van der Waals surface area contributed by atoms with E-state index in [1.807, 2.05) is 41.4 Å². The van der Waals surface area contributed by atoms with Crippen molar-refractivity contribution >= 4 is 22.6 Å². The molecule has 1 saturated heterocycles. The van der Waals surface area contributed by atoms with E-state index < -0.39 is 0 Å². The number of nitrogens with zero attached hydrogens (tertiary/aromatic N) is 2. The lowest BCUT2D eigenvalue weighted by molar-refractivity contribution is -0.131. The Morgan fingerprint density at radius 3 is 2.85 bits per heavy atom. The number of rotatable bonds is 4. The zero-order valence-corrected chi connectivity index (χ0v) is 14.5. The van der Waals surface area contributed by atoms with Crippen LogP contribution in [0.2, 0.25) is 0 Å². The van der Waals surface area contributed by atoms with Crippen LogP contribution < -0.4 is 0 Å². The number of Topliss-reactive ketones (excluding diaryl/α,β-unsaturated/α-hetero) is 1. The maximum Gasteiger partial charge on any atom is 0.227 e. The number of pyridine rings is 1. The first-order valence-electron chi connectivity index (χ1n) is 9.00. The monoisotopic (exact) mass is 347 g/mol. The second-order valence-corrected chi connectivity index (χ2v) is 6.79. The average Bonchev–Trinajstić information content (AvgIpc) is 3.11. The van der Waals surface area contributed by atoms with Crippen molar-refractivity contribution in [3.63, 3.8) is 0 Å². The highest BCUT2D eigenvalue weighted by Crippen LogP contribution is 2.23. The van der Waals surface area contributed by atoms with Gasteiger partial charge in [-0.25, -0.2) is 0 Å². The Labute approximate surface area is 152 Å². The molecule has 1 fully saturated rings. The zero-order chi connectivity index (χ0) is 17.9. The molecule has 5 nitrogen and oxygen atoms in total. The van der Waals surface area contributed by atoms with Gasteiger partial charge in [0.05, 0.1) is 6.42 Å². The van der Waals surface area contributed by atoms with Crippen molar-refractivity contribution in [2.45, 2.75) is 19.3 Å². The summed E-state index contributed by atoms with van der Waals surface area (Å²) in [5, 5.41) is 1.08. The number of hydrogen-bond acceptors (Lipinski definition) is 3. The normalized spacial score (nSPS) is 17.4. The minimum Gasteiger partial charge on any atom is -0.361 e. The van der Waals surface area contributed by atoms with E-state index in [0.717, 1.165) is 29.3 Å². The van der Waals surface area contributed by atoms with Gasteiger partial charge in [0.2, 0.25) is 5.91 Å². The summed E-state index contributed by atoms with van der Waals surface area (Å²) in [6, 6.07) is 13.4. The minimum absolute atomic E-state index is 0.0372. The van der Waals surface area contributed by atoms with Crippen molar-refractivity contribution in [2.75, 3.05) is 13.1 Å². The number of benzene rings is 1. The van der Waals surface area contributed by atoms with Crippen LogP contribution in [0.15, 0.2) is 54.9 Å². The lowest BCUT2D eigenvalue weighted by Crippen LogP contribution is -2.43. The third-order valence-electron chi connectivity index (χ3n) is 5.08. The van der Waals surface area contributed by atoms with Crippen molar-refractivity contribution in [3.05, 3.63) is 66.1 Å². The Bertz CT molecular complexity index is 933. The van der Waals surface area contributed by atoms with Crippen molar-refractivity contribution in [1.82, 2.24) is 14.9 Å². The van der Waals surface area contributed by atoms with Crippen molar-refractivity contribution in [1.29, 1.82) is 0 Å².